The van der Waals surface area contributed by atoms with Crippen LogP contribution in [-0.2, 0) is 9.59 Å². The molecule has 1 N–H and O–H groups in total. The number of hydrogen-bond acceptors (Lipinski definition) is 3. The van der Waals surface area contributed by atoms with E-state index in [9.17, 15) is 9.59 Å². The molecule has 25 heavy (non-hydrogen) atoms. The number of benzene rings is 2. The number of ether oxygens (including phenoxy) is 1. The fraction of sp³-hybridized carbons (Fsp3) is 0.300. The zero-order valence-corrected chi connectivity index (χ0v) is 14.4. The molecule has 1 atom stereocenters. The first-order chi connectivity index (χ1) is 12.0. The number of carbonyl (C=O) groups excluding carboxylic acids is 2. The Morgan fingerprint density at radius 1 is 1.16 bits per heavy atom. The lowest BCUT2D eigenvalue weighted by Crippen LogP contribution is -2.28. The van der Waals surface area contributed by atoms with E-state index in [2.05, 4.69) is 5.32 Å². The van der Waals surface area contributed by atoms with Crippen LogP contribution in [0.3, 0.4) is 0 Å². The monoisotopic (exact) mass is 338 g/mol. The van der Waals surface area contributed by atoms with Crippen molar-refractivity contribution in [3.63, 3.8) is 0 Å². The Labute approximate surface area is 147 Å². The number of para-hydroxylation sites is 1. The van der Waals surface area contributed by atoms with Gasteiger partial charge in [-0.25, -0.2) is 0 Å². The minimum Gasteiger partial charge on any atom is -0.491 e. The fourth-order valence-corrected chi connectivity index (χ4v) is 2.90. The highest BCUT2D eigenvalue weighted by atomic mass is 16.5. The van der Waals surface area contributed by atoms with E-state index in [0.29, 0.717) is 18.0 Å². The van der Waals surface area contributed by atoms with Gasteiger partial charge in [-0.3, -0.25) is 9.59 Å². The van der Waals surface area contributed by atoms with E-state index in [0.717, 1.165) is 5.69 Å². The highest BCUT2D eigenvalue weighted by Crippen LogP contribution is 2.26. The second-order valence-corrected chi connectivity index (χ2v) is 6.42. The normalized spacial score (nSPS) is 17.0. The van der Waals surface area contributed by atoms with Crippen LogP contribution in [0.4, 0.5) is 11.4 Å². The largest absolute Gasteiger partial charge is 0.491 e. The predicted molar refractivity (Wildman–Crippen MR) is 97.7 cm³/mol. The van der Waals surface area contributed by atoms with Crippen molar-refractivity contribution < 1.29 is 14.3 Å². The molecule has 5 heteroatoms. The molecular formula is C20H22N2O3. The van der Waals surface area contributed by atoms with Gasteiger partial charge in [0.2, 0.25) is 11.8 Å². The average molecular weight is 338 g/mol. The minimum atomic E-state index is -0.359. The Bertz CT molecular complexity index is 759. The number of carbonyl (C=O) groups is 2. The van der Waals surface area contributed by atoms with Gasteiger partial charge >= 0.3 is 0 Å². The Hall–Kier alpha value is -2.82. The summed E-state index contributed by atoms with van der Waals surface area (Å²) in [6, 6.07) is 16.7. The van der Waals surface area contributed by atoms with Crippen molar-refractivity contribution in [2.45, 2.75) is 26.4 Å². The van der Waals surface area contributed by atoms with Gasteiger partial charge in [-0.05, 0) is 38.1 Å². The van der Waals surface area contributed by atoms with Crippen molar-refractivity contribution in [3.05, 3.63) is 54.6 Å². The number of nitrogens with one attached hydrogen (secondary N) is 1. The van der Waals surface area contributed by atoms with Crippen LogP contribution in [0.25, 0.3) is 0 Å². The van der Waals surface area contributed by atoms with E-state index in [1.807, 2.05) is 62.4 Å². The summed E-state index contributed by atoms with van der Waals surface area (Å²) in [7, 11) is 0. The summed E-state index contributed by atoms with van der Waals surface area (Å²) in [6.45, 7) is 4.30. The van der Waals surface area contributed by atoms with Gasteiger partial charge in [0.15, 0.2) is 0 Å². The number of nitrogens with zero attached hydrogens (tertiary/aromatic N) is 1. The first-order valence-corrected chi connectivity index (χ1v) is 8.46. The summed E-state index contributed by atoms with van der Waals surface area (Å²) < 4.78 is 5.64. The summed E-state index contributed by atoms with van der Waals surface area (Å²) in [4.78, 5) is 26.5. The van der Waals surface area contributed by atoms with Gasteiger partial charge in [0, 0.05) is 30.4 Å². The molecule has 0 bridgehead atoms. The molecule has 2 amide bonds. The van der Waals surface area contributed by atoms with Crippen LogP contribution < -0.4 is 15.0 Å². The third-order valence-electron chi connectivity index (χ3n) is 4.04. The number of anilines is 2. The van der Waals surface area contributed by atoms with Crippen LogP contribution in [-0.4, -0.2) is 24.5 Å². The number of amides is 2. The molecule has 0 aliphatic carbocycles. The third-order valence-corrected chi connectivity index (χ3v) is 4.04. The first-order valence-electron chi connectivity index (χ1n) is 8.46. The maximum absolute atomic E-state index is 12.5. The van der Waals surface area contributed by atoms with Crippen molar-refractivity contribution in [2.24, 2.45) is 5.92 Å². The first kappa shape index (κ1) is 17.0. The molecule has 2 aromatic rings. The summed E-state index contributed by atoms with van der Waals surface area (Å²) >= 11 is 0. The highest BCUT2D eigenvalue weighted by molar-refractivity contribution is 6.03. The molecule has 5 nitrogen and oxygen atoms in total. The van der Waals surface area contributed by atoms with E-state index in [4.69, 9.17) is 4.74 Å². The molecule has 2 aromatic carbocycles. The molecule has 0 saturated carbocycles. The number of rotatable bonds is 5. The maximum atomic E-state index is 12.5. The molecule has 3 rings (SSSR count). The van der Waals surface area contributed by atoms with Gasteiger partial charge in [-0.1, -0.05) is 24.3 Å². The van der Waals surface area contributed by atoms with Crippen molar-refractivity contribution in [2.75, 3.05) is 16.8 Å². The van der Waals surface area contributed by atoms with E-state index >= 15 is 0 Å². The molecule has 130 valence electrons. The Morgan fingerprint density at radius 3 is 2.64 bits per heavy atom. The van der Waals surface area contributed by atoms with Gasteiger partial charge in [-0.2, -0.15) is 0 Å². The minimum absolute atomic E-state index is 0.0248. The second-order valence-electron chi connectivity index (χ2n) is 6.42. The lowest BCUT2D eigenvalue weighted by Gasteiger charge is -2.16. The summed E-state index contributed by atoms with van der Waals surface area (Å²) in [5, 5.41) is 2.89. The van der Waals surface area contributed by atoms with Crippen LogP contribution in [0.2, 0.25) is 0 Å². The van der Waals surface area contributed by atoms with E-state index in [-0.39, 0.29) is 30.3 Å². The standard InChI is InChI=1S/C20H22N2O3/c1-14(2)25-18-10-6-7-16(12-18)21-20(24)15-11-19(23)22(13-15)17-8-4-3-5-9-17/h3-10,12,14-15H,11,13H2,1-2H3,(H,21,24)/t15-/m1/s1. The summed E-state index contributed by atoms with van der Waals surface area (Å²) in [5.41, 5.74) is 1.50. The van der Waals surface area contributed by atoms with E-state index < -0.39 is 0 Å². The van der Waals surface area contributed by atoms with Crippen LogP contribution in [0.1, 0.15) is 20.3 Å². The Morgan fingerprint density at radius 2 is 1.92 bits per heavy atom. The lowest BCUT2D eigenvalue weighted by atomic mass is 10.1. The van der Waals surface area contributed by atoms with Crippen LogP contribution >= 0.6 is 0 Å². The third kappa shape index (κ3) is 4.18. The van der Waals surface area contributed by atoms with Crippen molar-refractivity contribution in [1.82, 2.24) is 0 Å². The molecule has 0 spiro atoms. The molecule has 0 aromatic heterocycles. The smallest absolute Gasteiger partial charge is 0.229 e. The molecule has 0 unspecified atom stereocenters. The van der Waals surface area contributed by atoms with Crippen molar-refractivity contribution in [1.29, 1.82) is 0 Å². The quantitative estimate of drug-likeness (QED) is 0.908. The van der Waals surface area contributed by atoms with Crippen LogP contribution in [0.15, 0.2) is 54.6 Å². The van der Waals surface area contributed by atoms with Gasteiger partial charge in [0.05, 0.1) is 12.0 Å². The van der Waals surface area contributed by atoms with Gasteiger partial charge in [0.25, 0.3) is 0 Å². The maximum Gasteiger partial charge on any atom is 0.229 e. The van der Waals surface area contributed by atoms with Crippen molar-refractivity contribution in [3.8, 4) is 5.75 Å². The molecule has 1 aliphatic heterocycles. The summed E-state index contributed by atoms with van der Waals surface area (Å²) in [5.74, 6) is 0.181. The summed E-state index contributed by atoms with van der Waals surface area (Å²) in [6.07, 6.45) is 0.293. The molecule has 1 aliphatic rings. The molecule has 1 saturated heterocycles. The molecule has 1 fully saturated rings. The number of hydrogen-bond donors (Lipinski definition) is 1. The van der Waals surface area contributed by atoms with Gasteiger partial charge in [-0.15, -0.1) is 0 Å². The molecule has 1 heterocycles. The lowest BCUT2D eigenvalue weighted by molar-refractivity contribution is -0.122. The Kier molecular flexibility index (Phi) is 5.03. The Balaban J connectivity index is 1.65. The van der Waals surface area contributed by atoms with E-state index in [1.165, 1.54) is 0 Å². The van der Waals surface area contributed by atoms with Crippen LogP contribution in [0.5, 0.6) is 5.75 Å². The predicted octanol–water partition coefficient (Wildman–Crippen LogP) is 3.47. The topological polar surface area (TPSA) is 58.6 Å². The molecule has 0 radical (unpaired) electrons. The van der Waals surface area contributed by atoms with Crippen LogP contribution in [0, 0.1) is 5.92 Å². The fourth-order valence-electron chi connectivity index (χ4n) is 2.90. The SMILES string of the molecule is CC(C)Oc1cccc(NC(=O)[C@@H]2CC(=O)N(c3ccccc3)C2)c1. The highest BCUT2D eigenvalue weighted by Gasteiger charge is 2.35. The molecular weight excluding hydrogens is 316 g/mol. The zero-order chi connectivity index (χ0) is 17.8. The van der Waals surface area contributed by atoms with E-state index in [1.54, 1.807) is 11.0 Å². The average Bonchev–Trinajstić information content (AvgIpc) is 2.97. The zero-order valence-electron chi connectivity index (χ0n) is 14.4. The second kappa shape index (κ2) is 7.38. The van der Waals surface area contributed by atoms with Crippen molar-refractivity contribution >= 4 is 23.2 Å². The van der Waals surface area contributed by atoms with Gasteiger partial charge in [0.1, 0.15) is 5.75 Å². The van der Waals surface area contributed by atoms with Gasteiger partial charge < -0.3 is 15.0 Å².